The highest BCUT2D eigenvalue weighted by molar-refractivity contribution is 5.97. The fourth-order valence-corrected chi connectivity index (χ4v) is 3.17. The van der Waals surface area contributed by atoms with Crippen molar-refractivity contribution < 1.29 is 14.6 Å². The zero-order chi connectivity index (χ0) is 17.8. The van der Waals surface area contributed by atoms with E-state index in [4.69, 9.17) is 10.5 Å². The predicted octanol–water partition coefficient (Wildman–Crippen LogP) is 2.11. The van der Waals surface area contributed by atoms with Crippen LogP contribution in [0, 0.1) is 6.92 Å². The van der Waals surface area contributed by atoms with E-state index in [1.165, 1.54) is 0 Å². The minimum Gasteiger partial charge on any atom is -0.493 e. The van der Waals surface area contributed by atoms with Crippen molar-refractivity contribution >= 4 is 5.91 Å². The van der Waals surface area contributed by atoms with Gasteiger partial charge in [0.2, 0.25) is 0 Å². The van der Waals surface area contributed by atoms with Crippen molar-refractivity contribution in [1.29, 1.82) is 0 Å². The second-order valence-corrected chi connectivity index (χ2v) is 6.41. The van der Waals surface area contributed by atoms with Gasteiger partial charge in [0.15, 0.2) is 0 Å². The van der Waals surface area contributed by atoms with Crippen LogP contribution < -0.4 is 15.8 Å². The lowest BCUT2D eigenvalue weighted by Crippen LogP contribution is -2.34. The molecule has 0 saturated heterocycles. The van der Waals surface area contributed by atoms with Crippen LogP contribution in [-0.2, 0) is 6.42 Å². The molecule has 2 aromatic rings. The van der Waals surface area contributed by atoms with Crippen LogP contribution in [0.1, 0.15) is 39.5 Å². The fourth-order valence-electron chi connectivity index (χ4n) is 3.17. The highest BCUT2D eigenvalue weighted by Crippen LogP contribution is 2.32. The average molecular weight is 340 g/mol. The molecule has 2 atom stereocenters. The van der Waals surface area contributed by atoms with Crippen molar-refractivity contribution in [1.82, 2.24) is 5.32 Å². The first kappa shape index (κ1) is 17.5. The van der Waals surface area contributed by atoms with Crippen molar-refractivity contribution in [3.8, 4) is 5.75 Å². The van der Waals surface area contributed by atoms with Crippen LogP contribution in [0.4, 0.5) is 0 Å². The van der Waals surface area contributed by atoms with Gasteiger partial charge in [0.25, 0.3) is 5.91 Å². The van der Waals surface area contributed by atoms with Crippen LogP contribution in [0.3, 0.4) is 0 Å². The Kier molecular flexibility index (Phi) is 5.36. The number of nitrogens with two attached hydrogens (primary N) is 1. The molecule has 0 fully saturated rings. The zero-order valence-electron chi connectivity index (χ0n) is 14.4. The third kappa shape index (κ3) is 3.83. The maximum Gasteiger partial charge on any atom is 0.255 e. The summed E-state index contributed by atoms with van der Waals surface area (Å²) in [6.45, 7) is 2.96. The van der Waals surface area contributed by atoms with Gasteiger partial charge in [-0.25, -0.2) is 0 Å². The number of fused-ring (bicyclic) bond motifs is 1. The number of rotatable bonds is 6. The quantitative estimate of drug-likeness (QED) is 0.703. The monoisotopic (exact) mass is 340 g/mol. The lowest BCUT2D eigenvalue weighted by Gasteiger charge is -2.19. The summed E-state index contributed by atoms with van der Waals surface area (Å²) in [5.41, 5.74) is 9.04. The van der Waals surface area contributed by atoms with E-state index in [0.29, 0.717) is 30.9 Å². The molecule has 0 heterocycles. The molecule has 0 bridgehead atoms. The standard InChI is InChI=1S/C20H24N2O3/c1-13-7-8-16(18(11-13)25-10-4-9-21)20(24)22-19-15-6-3-2-5-14(15)12-17(19)23/h2-3,5-8,11,17,19,23H,4,9-10,12,21H2,1H3,(H,22,24)/t17-,19+/m0/s1. The molecule has 0 saturated carbocycles. The van der Waals surface area contributed by atoms with Crippen LogP contribution in [0.2, 0.25) is 0 Å². The van der Waals surface area contributed by atoms with Gasteiger partial charge in [0, 0.05) is 6.42 Å². The Balaban J connectivity index is 1.79. The molecule has 5 nitrogen and oxygen atoms in total. The molecule has 0 radical (unpaired) electrons. The molecule has 0 aliphatic heterocycles. The lowest BCUT2D eigenvalue weighted by molar-refractivity contribution is 0.0854. The minimum atomic E-state index is -0.617. The molecule has 2 aromatic carbocycles. The molecule has 25 heavy (non-hydrogen) atoms. The first-order valence-corrected chi connectivity index (χ1v) is 8.60. The van der Waals surface area contributed by atoms with Gasteiger partial charge in [0.05, 0.1) is 24.3 Å². The molecule has 5 heteroatoms. The number of aliphatic hydroxyl groups excluding tert-OH is 1. The van der Waals surface area contributed by atoms with Gasteiger partial charge >= 0.3 is 0 Å². The van der Waals surface area contributed by atoms with Crippen molar-refractivity contribution in [2.24, 2.45) is 5.73 Å². The molecule has 0 spiro atoms. The van der Waals surface area contributed by atoms with Gasteiger partial charge in [-0.1, -0.05) is 30.3 Å². The number of hydrogen-bond donors (Lipinski definition) is 3. The van der Waals surface area contributed by atoms with Crippen LogP contribution in [0.25, 0.3) is 0 Å². The molecular formula is C20H24N2O3. The van der Waals surface area contributed by atoms with Crippen molar-refractivity contribution in [3.63, 3.8) is 0 Å². The van der Waals surface area contributed by atoms with Gasteiger partial charge in [-0.15, -0.1) is 0 Å². The fraction of sp³-hybridized carbons (Fsp3) is 0.350. The number of ether oxygens (including phenoxy) is 1. The van der Waals surface area contributed by atoms with Gasteiger partial charge in [0.1, 0.15) is 5.75 Å². The molecule has 1 aliphatic rings. The van der Waals surface area contributed by atoms with Crippen molar-refractivity contribution in [2.75, 3.05) is 13.2 Å². The number of benzene rings is 2. The summed E-state index contributed by atoms with van der Waals surface area (Å²) < 4.78 is 5.74. The number of aryl methyl sites for hydroxylation is 1. The number of nitrogens with one attached hydrogen (secondary N) is 1. The van der Waals surface area contributed by atoms with Crippen molar-refractivity contribution in [3.05, 3.63) is 64.7 Å². The SMILES string of the molecule is Cc1ccc(C(=O)N[C@@H]2c3ccccc3C[C@@H]2O)c(OCCCN)c1. The smallest absolute Gasteiger partial charge is 0.255 e. The number of amides is 1. The second-order valence-electron chi connectivity index (χ2n) is 6.41. The summed E-state index contributed by atoms with van der Waals surface area (Å²) in [7, 11) is 0. The minimum absolute atomic E-state index is 0.247. The number of carbonyl (C=O) groups excluding carboxylic acids is 1. The third-order valence-electron chi connectivity index (χ3n) is 4.48. The summed E-state index contributed by atoms with van der Waals surface area (Å²) in [5.74, 6) is 0.301. The van der Waals surface area contributed by atoms with E-state index in [1.54, 1.807) is 6.07 Å². The van der Waals surface area contributed by atoms with E-state index in [0.717, 1.165) is 23.1 Å². The maximum atomic E-state index is 12.8. The summed E-state index contributed by atoms with van der Waals surface area (Å²) >= 11 is 0. The number of carbonyl (C=O) groups is 1. The topological polar surface area (TPSA) is 84.6 Å². The molecule has 3 rings (SSSR count). The first-order valence-electron chi connectivity index (χ1n) is 8.60. The van der Waals surface area contributed by atoms with E-state index >= 15 is 0 Å². The normalized spacial score (nSPS) is 18.7. The highest BCUT2D eigenvalue weighted by atomic mass is 16.5. The van der Waals surface area contributed by atoms with E-state index in [9.17, 15) is 9.90 Å². The van der Waals surface area contributed by atoms with Crippen LogP contribution >= 0.6 is 0 Å². The zero-order valence-corrected chi connectivity index (χ0v) is 14.4. The lowest BCUT2D eigenvalue weighted by atomic mass is 10.1. The average Bonchev–Trinajstić information content (AvgIpc) is 2.91. The van der Waals surface area contributed by atoms with Crippen LogP contribution in [-0.4, -0.2) is 30.3 Å². The number of aliphatic hydroxyl groups is 1. The Bertz CT molecular complexity index is 760. The van der Waals surface area contributed by atoms with E-state index in [2.05, 4.69) is 5.32 Å². The molecule has 0 aromatic heterocycles. The first-order chi connectivity index (χ1) is 12.1. The largest absolute Gasteiger partial charge is 0.493 e. The molecule has 4 N–H and O–H groups in total. The van der Waals surface area contributed by atoms with E-state index in [1.807, 2.05) is 43.3 Å². The number of hydrogen-bond acceptors (Lipinski definition) is 4. The Morgan fingerprint density at radius 3 is 2.92 bits per heavy atom. The molecule has 0 unspecified atom stereocenters. The Labute approximate surface area is 147 Å². The Morgan fingerprint density at radius 1 is 1.32 bits per heavy atom. The van der Waals surface area contributed by atoms with Gasteiger partial charge < -0.3 is 20.9 Å². The van der Waals surface area contributed by atoms with Gasteiger partial charge in [-0.05, 0) is 48.7 Å². The molecule has 1 amide bonds. The summed E-state index contributed by atoms with van der Waals surface area (Å²) in [4.78, 5) is 12.8. The van der Waals surface area contributed by atoms with E-state index in [-0.39, 0.29) is 5.91 Å². The molecule has 1 aliphatic carbocycles. The summed E-state index contributed by atoms with van der Waals surface area (Å²) in [6.07, 6.45) is 0.659. The third-order valence-corrected chi connectivity index (χ3v) is 4.48. The maximum absolute atomic E-state index is 12.8. The van der Waals surface area contributed by atoms with Crippen LogP contribution in [0.15, 0.2) is 42.5 Å². The van der Waals surface area contributed by atoms with Crippen LogP contribution in [0.5, 0.6) is 5.75 Å². The molecule has 132 valence electrons. The predicted molar refractivity (Wildman–Crippen MR) is 96.7 cm³/mol. The Hall–Kier alpha value is -2.37. The van der Waals surface area contributed by atoms with Gasteiger partial charge in [-0.3, -0.25) is 4.79 Å². The van der Waals surface area contributed by atoms with Crippen molar-refractivity contribution in [2.45, 2.75) is 31.9 Å². The summed E-state index contributed by atoms with van der Waals surface area (Å²) in [5, 5.41) is 13.3. The highest BCUT2D eigenvalue weighted by Gasteiger charge is 2.32. The summed E-state index contributed by atoms with van der Waals surface area (Å²) in [6, 6.07) is 12.9. The Morgan fingerprint density at radius 2 is 2.12 bits per heavy atom. The molecular weight excluding hydrogens is 316 g/mol. The van der Waals surface area contributed by atoms with Gasteiger partial charge in [-0.2, -0.15) is 0 Å². The second kappa shape index (κ2) is 7.68. The van der Waals surface area contributed by atoms with E-state index < -0.39 is 12.1 Å².